The molecule has 236 valence electrons. The van der Waals surface area contributed by atoms with Crippen molar-refractivity contribution in [2.24, 2.45) is 11.3 Å². The fraction of sp³-hybridized carbons (Fsp3) is 0.429. The first-order valence-corrected chi connectivity index (χ1v) is 14.9. The van der Waals surface area contributed by atoms with Crippen molar-refractivity contribution in [3.8, 4) is 5.75 Å². The minimum Gasteiger partial charge on any atom is -0.496 e. The van der Waals surface area contributed by atoms with Crippen LogP contribution in [0.15, 0.2) is 78.9 Å². The van der Waals surface area contributed by atoms with Crippen molar-refractivity contribution in [2.45, 2.75) is 71.4 Å². The van der Waals surface area contributed by atoms with Crippen molar-refractivity contribution in [3.05, 3.63) is 101 Å². The molecular formula is C35H41F3N2O4. The van der Waals surface area contributed by atoms with Crippen LogP contribution in [0.4, 0.5) is 13.2 Å². The Labute approximate surface area is 257 Å². The number of nitrogens with one attached hydrogen (secondary N) is 1. The third-order valence-corrected chi connectivity index (χ3v) is 8.40. The summed E-state index contributed by atoms with van der Waals surface area (Å²) in [6, 6.07) is 20.4. The van der Waals surface area contributed by atoms with Gasteiger partial charge in [-0.05, 0) is 42.5 Å². The highest BCUT2D eigenvalue weighted by Crippen LogP contribution is 2.49. The molecular weight excluding hydrogens is 569 g/mol. The van der Waals surface area contributed by atoms with E-state index in [2.05, 4.69) is 5.32 Å². The summed E-state index contributed by atoms with van der Waals surface area (Å²) in [5.74, 6) is -1.57. The van der Waals surface area contributed by atoms with Gasteiger partial charge in [-0.15, -0.1) is 0 Å². The number of benzene rings is 3. The molecule has 1 saturated heterocycles. The van der Waals surface area contributed by atoms with Gasteiger partial charge in [0.1, 0.15) is 11.8 Å². The van der Waals surface area contributed by atoms with Gasteiger partial charge < -0.3 is 19.7 Å². The van der Waals surface area contributed by atoms with Gasteiger partial charge in [0.05, 0.1) is 31.2 Å². The number of halogens is 3. The first-order valence-electron chi connectivity index (χ1n) is 14.9. The van der Waals surface area contributed by atoms with Crippen LogP contribution in [0.3, 0.4) is 0 Å². The molecule has 0 aliphatic carbocycles. The molecule has 0 unspecified atom stereocenters. The smallest absolute Gasteiger partial charge is 0.416 e. The van der Waals surface area contributed by atoms with E-state index in [1.54, 1.807) is 11.8 Å². The van der Waals surface area contributed by atoms with Crippen molar-refractivity contribution in [3.63, 3.8) is 0 Å². The Morgan fingerprint density at radius 3 is 2.11 bits per heavy atom. The van der Waals surface area contributed by atoms with E-state index in [9.17, 15) is 22.8 Å². The number of amides is 1. The molecule has 9 heteroatoms. The number of likely N-dealkylation sites (tertiary alicyclic amines) is 1. The number of nitrogens with zero attached hydrogens (tertiary/aromatic N) is 1. The lowest BCUT2D eigenvalue weighted by molar-refractivity contribution is -0.157. The van der Waals surface area contributed by atoms with E-state index in [4.69, 9.17) is 9.47 Å². The quantitative estimate of drug-likeness (QED) is 0.261. The normalized spacial score (nSPS) is 21.2. The van der Waals surface area contributed by atoms with Gasteiger partial charge in [0.2, 0.25) is 5.91 Å². The molecule has 1 fully saturated rings. The number of alkyl halides is 3. The summed E-state index contributed by atoms with van der Waals surface area (Å²) in [4.78, 5) is 30.1. The van der Waals surface area contributed by atoms with Crippen LogP contribution in [0.1, 0.15) is 68.8 Å². The second kappa shape index (κ2) is 13.4. The van der Waals surface area contributed by atoms with E-state index in [1.807, 2.05) is 88.4 Å². The molecule has 44 heavy (non-hydrogen) atoms. The summed E-state index contributed by atoms with van der Waals surface area (Å²) in [6.45, 7) is 9.93. The maximum absolute atomic E-state index is 14.5. The van der Waals surface area contributed by atoms with Crippen LogP contribution < -0.4 is 10.1 Å². The van der Waals surface area contributed by atoms with Crippen LogP contribution in [-0.4, -0.2) is 42.6 Å². The lowest BCUT2D eigenvalue weighted by atomic mass is 9.72. The molecule has 0 bridgehead atoms. The number of ether oxygens (including phenoxy) is 2. The van der Waals surface area contributed by atoms with E-state index in [0.29, 0.717) is 5.56 Å². The van der Waals surface area contributed by atoms with Crippen molar-refractivity contribution in [1.82, 2.24) is 10.2 Å². The van der Waals surface area contributed by atoms with E-state index in [-0.39, 0.29) is 24.8 Å². The lowest BCUT2D eigenvalue weighted by Gasteiger charge is -2.36. The van der Waals surface area contributed by atoms with Gasteiger partial charge in [0.25, 0.3) is 0 Å². The first kappa shape index (κ1) is 33.1. The SMILES string of the molecule is CCOC(=O)[C@H]1[C@H](C(C)(C)C)[C@@H](NCc2ccc(C(F)(F)F)cc2OC)[C@@H](c2ccccc2)N1C(=O)[C@@H](C)c1ccccc1. The zero-order valence-electron chi connectivity index (χ0n) is 26.0. The van der Waals surface area contributed by atoms with Gasteiger partial charge >= 0.3 is 12.1 Å². The van der Waals surface area contributed by atoms with Gasteiger partial charge in [0, 0.05) is 24.1 Å². The van der Waals surface area contributed by atoms with E-state index in [0.717, 1.165) is 23.3 Å². The minimum atomic E-state index is -4.51. The standard InChI is InChI=1S/C35H41F3N2O4/c1-7-44-33(42)31-28(34(3,4)5)29(39-21-25-18-19-26(35(36,37)38)20-27(25)43-6)30(24-16-12-9-13-17-24)40(31)32(41)22(2)23-14-10-8-11-15-23/h8-20,22,28-31,39H,7,21H2,1-6H3/t22-,28+,29+,30+,31+/m0/s1. The number of rotatable bonds is 9. The maximum atomic E-state index is 14.5. The Hall–Kier alpha value is -3.85. The fourth-order valence-electron chi connectivity index (χ4n) is 6.35. The van der Waals surface area contributed by atoms with Crippen molar-refractivity contribution in [2.75, 3.05) is 13.7 Å². The van der Waals surface area contributed by atoms with Crippen molar-refractivity contribution >= 4 is 11.9 Å². The predicted octanol–water partition coefficient (Wildman–Crippen LogP) is 7.15. The summed E-state index contributed by atoms with van der Waals surface area (Å²) >= 11 is 0. The molecule has 1 N–H and O–H groups in total. The first-order chi connectivity index (χ1) is 20.8. The molecule has 4 rings (SSSR count). The summed E-state index contributed by atoms with van der Waals surface area (Å²) in [5.41, 5.74) is 0.888. The third kappa shape index (κ3) is 6.93. The largest absolute Gasteiger partial charge is 0.496 e. The van der Waals surface area contributed by atoms with Crippen molar-refractivity contribution in [1.29, 1.82) is 0 Å². The molecule has 3 aromatic carbocycles. The number of esters is 1. The molecule has 3 aromatic rings. The van der Waals surface area contributed by atoms with Gasteiger partial charge in [-0.25, -0.2) is 4.79 Å². The lowest BCUT2D eigenvalue weighted by Crippen LogP contribution is -2.49. The molecule has 5 atom stereocenters. The number of methoxy groups -OCH3 is 1. The van der Waals surface area contributed by atoms with E-state index >= 15 is 0 Å². The number of hydrogen-bond donors (Lipinski definition) is 1. The Balaban J connectivity index is 1.85. The Morgan fingerprint density at radius 1 is 0.955 bits per heavy atom. The summed E-state index contributed by atoms with van der Waals surface area (Å²) in [5, 5.41) is 3.56. The van der Waals surface area contributed by atoms with Crippen molar-refractivity contribution < 1.29 is 32.2 Å². The maximum Gasteiger partial charge on any atom is 0.416 e. The predicted molar refractivity (Wildman–Crippen MR) is 163 cm³/mol. The zero-order valence-corrected chi connectivity index (χ0v) is 26.0. The summed E-state index contributed by atoms with van der Waals surface area (Å²) in [6.07, 6.45) is -4.51. The molecule has 6 nitrogen and oxygen atoms in total. The third-order valence-electron chi connectivity index (χ3n) is 8.40. The van der Waals surface area contributed by atoms with Crippen LogP contribution in [-0.2, 0) is 27.0 Å². The second-order valence-electron chi connectivity index (χ2n) is 12.3. The number of carbonyl (C=O) groups excluding carboxylic acids is 2. The molecule has 0 spiro atoms. The summed E-state index contributed by atoms with van der Waals surface area (Å²) < 4.78 is 51.2. The molecule has 1 aliphatic rings. The van der Waals surface area contributed by atoms with Gasteiger partial charge in [-0.2, -0.15) is 13.2 Å². The monoisotopic (exact) mass is 610 g/mol. The van der Waals surface area contributed by atoms with Crippen LogP contribution in [0, 0.1) is 11.3 Å². The van der Waals surface area contributed by atoms with Crippen LogP contribution in [0.2, 0.25) is 0 Å². The fourth-order valence-corrected chi connectivity index (χ4v) is 6.35. The molecule has 1 heterocycles. The molecule has 0 radical (unpaired) electrons. The van der Waals surface area contributed by atoms with Gasteiger partial charge in [-0.3, -0.25) is 4.79 Å². The number of hydrogen-bond acceptors (Lipinski definition) is 5. The second-order valence-corrected chi connectivity index (χ2v) is 12.3. The highest BCUT2D eigenvalue weighted by Gasteiger charge is 2.58. The van der Waals surface area contributed by atoms with Crippen LogP contribution in [0.25, 0.3) is 0 Å². The van der Waals surface area contributed by atoms with E-state index < -0.39 is 53.1 Å². The Morgan fingerprint density at radius 2 is 1.57 bits per heavy atom. The summed E-state index contributed by atoms with van der Waals surface area (Å²) in [7, 11) is 1.33. The zero-order chi connectivity index (χ0) is 32.2. The molecule has 1 amide bonds. The van der Waals surface area contributed by atoms with Gasteiger partial charge in [0.15, 0.2) is 0 Å². The Kier molecular flexibility index (Phi) is 10.1. The van der Waals surface area contributed by atoms with Crippen LogP contribution >= 0.6 is 0 Å². The molecule has 0 saturated carbocycles. The van der Waals surface area contributed by atoms with Crippen LogP contribution in [0.5, 0.6) is 5.75 Å². The minimum absolute atomic E-state index is 0.0986. The van der Waals surface area contributed by atoms with E-state index in [1.165, 1.54) is 13.2 Å². The van der Waals surface area contributed by atoms with Gasteiger partial charge in [-0.1, -0.05) is 87.5 Å². The molecule has 0 aromatic heterocycles. The molecule has 1 aliphatic heterocycles. The average molecular weight is 611 g/mol. The number of carbonyl (C=O) groups is 2. The highest BCUT2D eigenvalue weighted by molar-refractivity contribution is 5.90. The average Bonchev–Trinajstić information content (AvgIpc) is 3.35. The topological polar surface area (TPSA) is 67.9 Å². The highest BCUT2D eigenvalue weighted by atomic mass is 19.4. The Bertz CT molecular complexity index is 1420.